The van der Waals surface area contributed by atoms with Gasteiger partial charge in [-0.15, -0.1) is 0 Å². The van der Waals surface area contributed by atoms with Crippen LogP contribution in [0, 0.1) is 0 Å². The van der Waals surface area contributed by atoms with Crippen molar-refractivity contribution < 1.29 is 14.7 Å². The highest BCUT2D eigenvalue weighted by Gasteiger charge is 2.32. The van der Waals surface area contributed by atoms with Crippen LogP contribution in [0.5, 0.6) is 0 Å². The highest BCUT2D eigenvalue weighted by atomic mass is 35.5. The Balaban J connectivity index is 1.60. The van der Waals surface area contributed by atoms with E-state index in [4.69, 9.17) is 23.8 Å². The van der Waals surface area contributed by atoms with Crippen LogP contribution in [0.3, 0.4) is 0 Å². The molecule has 1 saturated heterocycles. The molecule has 5 nitrogen and oxygen atoms in total. The van der Waals surface area contributed by atoms with Crippen molar-refractivity contribution in [3.05, 3.63) is 70.1 Å². The number of nitrogens with zero attached hydrogens (tertiary/aromatic N) is 2. The van der Waals surface area contributed by atoms with Crippen LogP contribution in [0.25, 0.3) is 6.08 Å². The number of aliphatic hydroxyl groups excluding tert-OH is 1. The molecule has 0 saturated carbocycles. The molecule has 2 aromatic rings. The zero-order chi connectivity index (χ0) is 21.5. The van der Waals surface area contributed by atoms with Crippen LogP contribution in [0.15, 0.2) is 59.5 Å². The third-order valence-electron chi connectivity index (χ3n) is 4.53. The van der Waals surface area contributed by atoms with E-state index in [0.29, 0.717) is 27.2 Å². The number of carbonyl (C=O) groups is 2. The van der Waals surface area contributed by atoms with Crippen molar-refractivity contribution in [3.63, 3.8) is 0 Å². The smallest absolute Gasteiger partial charge is 0.266 e. The van der Waals surface area contributed by atoms with Crippen LogP contribution >= 0.6 is 35.6 Å². The Kier molecular flexibility index (Phi) is 8.04. The van der Waals surface area contributed by atoms with E-state index in [-0.39, 0.29) is 31.4 Å². The lowest BCUT2D eigenvalue weighted by Crippen LogP contribution is -2.35. The van der Waals surface area contributed by atoms with E-state index in [0.717, 1.165) is 11.3 Å². The van der Waals surface area contributed by atoms with E-state index in [1.165, 1.54) is 16.7 Å². The first-order valence-corrected chi connectivity index (χ1v) is 11.1. The summed E-state index contributed by atoms with van der Waals surface area (Å²) in [6.07, 6.45) is 2.46. The first kappa shape index (κ1) is 22.5. The first-order valence-electron chi connectivity index (χ1n) is 9.47. The van der Waals surface area contributed by atoms with E-state index < -0.39 is 0 Å². The lowest BCUT2D eigenvalue weighted by atomic mass is 10.2. The third kappa shape index (κ3) is 5.49. The molecule has 1 aliphatic rings. The minimum absolute atomic E-state index is 0.104. The largest absolute Gasteiger partial charge is 0.395 e. The summed E-state index contributed by atoms with van der Waals surface area (Å²) in [7, 11) is 0. The maximum absolute atomic E-state index is 12.7. The maximum atomic E-state index is 12.7. The minimum Gasteiger partial charge on any atom is -0.395 e. The molecular formula is C22H21ClN2O3S2. The zero-order valence-electron chi connectivity index (χ0n) is 16.2. The average Bonchev–Trinajstić information content (AvgIpc) is 3.01. The van der Waals surface area contributed by atoms with Gasteiger partial charge in [0, 0.05) is 30.2 Å². The Labute approximate surface area is 190 Å². The fourth-order valence-corrected chi connectivity index (χ4v) is 4.54. The van der Waals surface area contributed by atoms with E-state index >= 15 is 0 Å². The van der Waals surface area contributed by atoms with Crippen LogP contribution in [0.2, 0.25) is 5.02 Å². The quantitative estimate of drug-likeness (QED) is 0.469. The molecule has 3 rings (SSSR count). The first-order chi connectivity index (χ1) is 14.5. The summed E-state index contributed by atoms with van der Waals surface area (Å²) in [4.78, 5) is 29.0. The molecule has 0 spiro atoms. The van der Waals surface area contributed by atoms with E-state index in [2.05, 4.69) is 0 Å². The molecule has 1 N–H and O–H groups in total. The Bertz CT molecular complexity index is 966. The van der Waals surface area contributed by atoms with Gasteiger partial charge in [0.2, 0.25) is 5.91 Å². The van der Waals surface area contributed by atoms with Crippen molar-refractivity contribution in [2.75, 3.05) is 24.6 Å². The van der Waals surface area contributed by atoms with Crippen molar-refractivity contribution in [2.45, 2.75) is 12.8 Å². The van der Waals surface area contributed by atoms with Crippen molar-refractivity contribution in [1.29, 1.82) is 0 Å². The zero-order valence-corrected chi connectivity index (χ0v) is 18.6. The van der Waals surface area contributed by atoms with Crippen molar-refractivity contribution >= 4 is 63.5 Å². The topological polar surface area (TPSA) is 60.9 Å². The molecule has 0 radical (unpaired) electrons. The predicted octanol–water partition coefficient (Wildman–Crippen LogP) is 4.35. The number of anilines is 1. The molecule has 2 amide bonds. The second-order valence-electron chi connectivity index (χ2n) is 6.56. The molecule has 0 unspecified atom stereocenters. The Morgan fingerprint density at radius 1 is 1.17 bits per heavy atom. The van der Waals surface area contributed by atoms with Crippen LogP contribution in [-0.4, -0.2) is 45.8 Å². The van der Waals surface area contributed by atoms with Gasteiger partial charge in [0.15, 0.2) is 0 Å². The molecule has 156 valence electrons. The number of thioether (sulfide) groups is 1. The van der Waals surface area contributed by atoms with Crippen LogP contribution in [-0.2, 0) is 9.59 Å². The molecule has 0 aromatic heterocycles. The van der Waals surface area contributed by atoms with E-state index in [9.17, 15) is 14.7 Å². The number of rotatable bonds is 8. The number of hydrogen-bond donors (Lipinski definition) is 1. The summed E-state index contributed by atoms with van der Waals surface area (Å²) in [5.41, 5.74) is 1.50. The molecule has 0 atom stereocenters. The fraction of sp³-hybridized carbons (Fsp3) is 0.227. The molecule has 2 aromatic carbocycles. The fourth-order valence-electron chi connectivity index (χ4n) is 3.06. The van der Waals surface area contributed by atoms with Crippen LogP contribution in [0.1, 0.15) is 18.4 Å². The second kappa shape index (κ2) is 10.7. The molecule has 8 heteroatoms. The number of carbonyl (C=O) groups excluding carboxylic acids is 2. The normalized spacial score (nSPS) is 15.1. The number of aliphatic hydroxyl groups is 1. The molecule has 0 aliphatic carbocycles. The number of para-hydroxylation sites is 1. The van der Waals surface area contributed by atoms with E-state index in [1.54, 1.807) is 17.0 Å². The molecule has 1 fully saturated rings. The van der Waals surface area contributed by atoms with Gasteiger partial charge in [-0.3, -0.25) is 14.5 Å². The lowest BCUT2D eigenvalue weighted by molar-refractivity contribution is -0.123. The summed E-state index contributed by atoms with van der Waals surface area (Å²) in [5, 5.41) is 9.87. The van der Waals surface area contributed by atoms with Crippen LogP contribution < -0.4 is 4.90 Å². The van der Waals surface area contributed by atoms with Gasteiger partial charge in [0.25, 0.3) is 5.91 Å². The summed E-state index contributed by atoms with van der Waals surface area (Å²) in [5.74, 6) is -0.278. The van der Waals surface area contributed by atoms with Gasteiger partial charge >= 0.3 is 0 Å². The summed E-state index contributed by atoms with van der Waals surface area (Å²) >= 11 is 12.8. The predicted molar refractivity (Wildman–Crippen MR) is 126 cm³/mol. The monoisotopic (exact) mass is 460 g/mol. The molecular weight excluding hydrogens is 440 g/mol. The number of thiocarbonyl (C=S) groups is 1. The highest BCUT2D eigenvalue weighted by molar-refractivity contribution is 8.26. The molecule has 30 heavy (non-hydrogen) atoms. The molecule has 0 bridgehead atoms. The number of benzene rings is 2. The van der Waals surface area contributed by atoms with Crippen molar-refractivity contribution in [3.8, 4) is 0 Å². The summed E-state index contributed by atoms with van der Waals surface area (Å²) in [6.45, 7) is 0.463. The standard InChI is InChI=1S/C22H21ClN2O3S2/c23-18-10-5-4-7-16(18)15-19-21(28)25(22(29)30-19)12-6-11-20(27)24(13-14-26)17-8-2-1-3-9-17/h1-5,7-10,15,26H,6,11-14H2/b19-15-. The highest BCUT2D eigenvalue weighted by Crippen LogP contribution is 2.33. The van der Waals surface area contributed by atoms with Gasteiger partial charge in [-0.25, -0.2) is 0 Å². The van der Waals surface area contributed by atoms with Gasteiger partial charge in [-0.1, -0.05) is 72.0 Å². The SMILES string of the molecule is O=C1/C(=C/c2ccccc2Cl)SC(=S)N1CCCC(=O)N(CCO)c1ccccc1. The van der Waals surface area contributed by atoms with Gasteiger partial charge in [-0.05, 0) is 36.3 Å². The Morgan fingerprint density at radius 3 is 2.57 bits per heavy atom. The summed E-state index contributed by atoms with van der Waals surface area (Å²) in [6, 6.07) is 16.5. The van der Waals surface area contributed by atoms with Gasteiger partial charge in [-0.2, -0.15) is 0 Å². The number of amides is 2. The Hall–Kier alpha value is -2.19. The number of hydrogen-bond acceptors (Lipinski definition) is 5. The minimum atomic E-state index is -0.173. The molecule has 1 aliphatic heterocycles. The van der Waals surface area contributed by atoms with Gasteiger partial charge in [0.1, 0.15) is 4.32 Å². The Morgan fingerprint density at radius 2 is 1.87 bits per heavy atom. The summed E-state index contributed by atoms with van der Waals surface area (Å²) < 4.78 is 0.473. The lowest BCUT2D eigenvalue weighted by Gasteiger charge is -2.22. The maximum Gasteiger partial charge on any atom is 0.266 e. The van der Waals surface area contributed by atoms with Crippen molar-refractivity contribution in [1.82, 2.24) is 4.90 Å². The van der Waals surface area contributed by atoms with Crippen LogP contribution in [0.4, 0.5) is 5.69 Å². The average molecular weight is 461 g/mol. The van der Waals surface area contributed by atoms with E-state index in [1.807, 2.05) is 48.5 Å². The third-order valence-corrected chi connectivity index (χ3v) is 6.25. The van der Waals surface area contributed by atoms with Gasteiger partial charge < -0.3 is 10.0 Å². The van der Waals surface area contributed by atoms with Crippen molar-refractivity contribution in [2.24, 2.45) is 0 Å². The second-order valence-corrected chi connectivity index (χ2v) is 8.65. The number of halogens is 1. The molecule has 1 heterocycles. The van der Waals surface area contributed by atoms with Gasteiger partial charge in [0.05, 0.1) is 11.5 Å².